The predicted molar refractivity (Wildman–Crippen MR) is 119 cm³/mol. The maximum absolute atomic E-state index is 11.9. The molecular formula is C24H27NO4S. The third-order valence-electron chi connectivity index (χ3n) is 7.18. The summed E-state index contributed by atoms with van der Waals surface area (Å²) in [7, 11) is -4.08. The molecule has 0 spiro atoms. The van der Waals surface area contributed by atoms with Gasteiger partial charge in [0, 0.05) is 23.0 Å². The molecule has 2 aliphatic carbocycles. The van der Waals surface area contributed by atoms with Crippen LogP contribution < -0.4 is 0 Å². The van der Waals surface area contributed by atoms with Crippen LogP contribution in [-0.4, -0.2) is 29.5 Å². The standard InChI is InChI=1S/C14H11N.C10H16O4S/c1-2-6-11(7-3-1)14-10-12-8-4-5-9-13(12)15-14;1-9(2)7-3-4-10(9,8(11)5-7)6-15(12,13)14/h1-10,15H;7H,3-6H2,1-2H3,(H,12,13,14). The Hall–Kier alpha value is -2.44. The number of carbonyl (C=O) groups excluding carboxylic acids is 1. The number of rotatable bonds is 3. The number of aromatic amines is 1. The van der Waals surface area contributed by atoms with Crippen molar-refractivity contribution >= 4 is 26.8 Å². The van der Waals surface area contributed by atoms with Gasteiger partial charge in [-0.25, -0.2) is 0 Å². The third-order valence-corrected chi connectivity index (χ3v) is 8.04. The second kappa shape index (κ2) is 7.36. The lowest BCUT2D eigenvalue weighted by atomic mass is 9.70. The lowest BCUT2D eigenvalue weighted by Gasteiger charge is -2.35. The van der Waals surface area contributed by atoms with Gasteiger partial charge in [0.1, 0.15) is 5.78 Å². The molecule has 6 heteroatoms. The van der Waals surface area contributed by atoms with Crippen LogP contribution in [0.3, 0.4) is 0 Å². The number of hydrogen-bond donors (Lipinski definition) is 2. The number of benzene rings is 2. The van der Waals surface area contributed by atoms with Gasteiger partial charge in [0.15, 0.2) is 0 Å². The van der Waals surface area contributed by atoms with Gasteiger partial charge in [-0.1, -0.05) is 62.4 Å². The van der Waals surface area contributed by atoms with Gasteiger partial charge in [0.25, 0.3) is 10.1 Å². The Balaban J connectivity index is 0.000000145. The Morgan fingerprint density at radius 3 is 2.30 bits per heavy atom. The second-order valence-corrected chi connectivity index (χ2v) is 10.5. The highest BCUT2D eigenvalue weighted by molar-refractivity contribution is 7.85. The largest absolute Gasteiger partial charge is 0.355 e. The molecule has 2 aromatic carbocycles. The van der Waals surface area contributed by atoms with Crippen LogP contribution in [0.4, 0.5) is 0 Å². The van der Waals surface area contributed by atoms with Crippen LogP contribution in [0.25, 0.3) is 22.2 Å². The van der Waals surface area contributed by atoms with E-state index in [9.17, 15) is 13.2 Å². The minimum atomic E-state index is -4.08. The number of para-hydroxylation sites is 1. The van der Waals surface area contributed by atoms with E-state index in [1.165, 1.54) is 22.2 Å². The van der Waals surface area contributed by atoms with Gasteiger partial charge in [0.2, 0.25) is 0 Å². The van der Waals surface area contributed by atoms with Crippen molar-refractivity contribution in [1.82, 2.24) is 4.98 Å². The van der Waals surface area contributed by atoms with Crippen molar-refractivity contribution in [2.45, 2.75) is 33.1 Å². The smallest absolute Gasteiger partial charge is 0.265 e. The second-order valence-electron chi connectivity index (χ2n) is 9.03. The van der Waals surface area contributed by atoms with E-state index >= 15 is 0 Å². The van der Waals surface area contributed by atoms with Crippen LogP contribution in [-0.2, 0) is 14.9 Å². The maximum Gasteiger partial charge on any atom is 0.265 e. The van der Waals surface area contributed by atoms with E-state index in [0.29, 0.717) is 12.8 Å². The lowest BCUT2D eigenvalue weighted by molar-refractivity contribution is -0.128. The first-order valence-electron chi connectivity index (χ1n) is 10.2. The van der Waals surface area contributed by atoms with Crippen molar-refractivity contribution in [2.75, 3.05) is 5.75 Å². The highest BCUT2D eigenvalue weighted by atomic mass is 32.2. The van der Waals surface area contributed by atoms with Gasteiger partial charge in [0.05, 0.1) is 11.2 Å². The number of ketones is 1. The SMILES string of the molecule is CC1(C)C2CCC1(CS(=O)(=O)O)C(=O)C2.c1ccc(-c2cc3ccccc3[nH]2)cc1. The molecule has 2 fully saturated rings. The highest BCUT2D eigenvalue weighted by Crippen LogP contribution is 2.64. The molecule has 1 heterocycles. The van der Waals surface area contributed by atoms with Crippen LogP contribution in [0.1, 0.15) is 33.1 Å². The molecule has 5 nitrogen and oxygen atoms in total. The molecule has 3 aromatic rings. The fourth-order valence-corrected chi connectivity index (χ4v) is 6.57. The van der Waals surface area contributed by atoms with Gasteiger partial charge in [-0.15, -0.1) is 0 Å². The van der Waals surface area contributed by atoms with Crippen LogP contribution in [0, 0.1) is 16.7 Å². The quantitative estimate of drug-likeness (QED) is 0.571. The fraction of sp³-hybridized carbons (Fsp3) is 0.375. The zero-order chi connectivity index (χ0) is 21.6. The summed E-state index contributed by atoms with van der Waals surface area (Å²) < 4.78 is 31.0. The van der Waals surface area contributed by atoms with Crippen LogP contribution in [0.2, 0.25) is 0 Å². The monoisotopic (exact) mass is 425 g/mol. The summed E-state index contributed by atoms with van der Waals surface area (Å²) in [4.78, 5) is 15.3. The molecule has 0 saturated heterocycles. The molecule has 2 bridgehead atoms. The molecule has 2 unspecified atom stereocenters. The molecule has 30 heavy (non-hydrogen) atoms. The molecule has 1 aromatic heterocycles. The Bertz CT molecular complexity index is 1150. The number of nitrogens with one attached hydrogen (secondary N) is 1. The van der Waals surface area contributed by atoms with Crippen LogP contribution >= 0.6 is 0 Å². The van der Waals surface area contributed by atoms with Crippen molar-refractivity contribution in [3.8, 4) is 11.3 Å². The zero-order valence-electron chi connectivity index (χ0n) is 17.3. The molecular weight excluding hydrogens is 398 g/mol. The summed E-state index contributed by atoms with van der Waals surface area (Å²) in [5.41, 5.74) is 2.48. The predicted octanol–water partition coefficient (Wildman–Crippen LogP) is 5.10. The molecule has 2 N–H and O–H groups in total. The first-order chi connectivity index (χ1) is 14.1. The number of carbonyl (C=O) groups is 1. The summed E-state index contributed by atoms with van der Waals surface area (Å²) in [6.07, 6.45) is 1.97. The Kier molecular flexibility index (Phi) is 5.11. The zero-order valence-corrected chi connectivity index (χ0v) is 18.1. The molecule has 2 aliphatic rings. The van der Waals surface area contributed by atoms with E-state index in [0.717, 1.165) is 6.42 Å². The topological polar surface area (TPSA) is 87.2 Å². The van der Waals surface area contributed by atoms with Gasteiger partial charge in [-0.05, 0) is 41.9 Å². The Labute approximate surface area is 177 Å². The molecule has 0 radical (unpaired) electrons. The summed E-state index contributed by atoms with van der Waals surface area (Å²) in [6.45, 7) is 3.89. The average Bonchev–Trinajstić information content (AvgIpc) is 3.28. The molecule has 5 rings (SSSR count). The van der Waals surface area contributed by atoms with Crippen molar-refractivity contribution in [3.05, 3.63) is 60.7 Å². The van der Waals surface area contributed by atoms with Gasteiger partial charge in [-0.3, -0.25) is 9.35 Å². The minimum Gasteiger partial charge on any atom is -0.355 e. The van der Waals surface area contributed by atoms with Crippen molar-refractivity contribution < 1.29 is 17.8 Å². The highest BCUT2D eigenvalue weighted by Gasteiger charge is 2.65. The van der Waals surface area contributed by atoms with E-state index < -0.39 is 21.3 Å². The lowest BCUT2D eigenvalue weighted by Crippen LogP contribution is -2.42. The number of H-pyrrole nitrogens is 1. The normalized spacial score (nSPS) is 24.6. The first kappa shape index (κ1) is 20.8. The summed E-state index contributed by atoms with van der Waals surface area (Å²) in [5, 5.41) is 1.26. The van der Waals surface area contributed by atoms with Gasteiger partial charge >= 0.3 is 0 Å². The van der Waals surface area contributed by atoms with Crippen molar-refractivity contribution in [1.29, 1.82) is 0 Å². The molecule has 0 amide bonds. The van der Waals surface area contributed by atoms with E-state index in [-0.39, 0.29) is 17.1 Å². The van der Waals surface area contributed by atoms with Crippen LogP contribution in [0.15, 0.2) is 60.7 Å². The van der Waals surface area contributed by atoms with E-state index in [2.05, 4.69) is 53.5 Å². The number of fused-ring (bicyclic) bond motifs is 3. The number of aromatic nitrogens is 1. The summed E-state index contributed by atoms with van der Waals surface area (Å²) in [6, 6.07) is 20.9. The average molecular weight is 426 g/mol. The van der Waals surface area contributed by atoms with Crippen molar-refractivity contribution in [2.24, 2.45) is 16.7 Å². The van der Waals surface area contributed by atoms with E-state index in [4.69, 9.17) is 4.55 Å². The molecule has 158 valence electrons. The van der Waals surface area contributed by atoms with Crippen molar-refractivity contribution in [3.63, 3.8) is 0 Å². The van der Waals surface area contributed by atoms with Gasteiger partial charge in [-0.2, -0.15) is 8.42 Å². The van der Waals surface area contributed by atoms with E-state index in [1.807, 2.05) is 26.0 Å². The number of Topliss-reactive ketones (excluding diaryl/α,β-unsaturated/α-hetero) is 1. The van der Waals surface area contributed by atoms with Crippen LogP contribution in [0.5, 0.6) is 0 Å². The van der Waals surface area contributed by atoms with Gasteiger partial charge < -0.3 is 4.98 Å². The third kappa shape index (κ3) is 3.59. The van der Waals surface area contributed by atoms with E-state index in [1.54, 1.807) is 0 Å². The molecule has 0 aliphatic heterocycles. The Morgan fingerprint density at radius 2 is 1.73 bits per heavy atom. The Morgan fingerprint density at radius 1 is 1.07 bits per heavy atom. The maximum atomic E-state index is 11.9. The summed E-state index contributed by atoms with van der Waals surface area (Å²) in [5.74, 6) is -0.101. The molecule has 2 atom stereocenters. The summed E-state index contributed by atoms with van der Waals surface area (Å²) >= 11 is 0. The molecule has 2 saturated carbocycles. The minimum absolute atomic E-state index is 0.0152. The fourth-order valence-electron chi connectivity index (χ4n) is 5.27. The number of hydrogen-bond acceptors (Lipinski definition) is 3. The first-order valence-corrected chi connectivity index (χ1v) is 11.8.